The average Bonchev–Trinajstić information content (AvgIpc) is 3.32. The van der Waals surface area contributed by atoms with E-state index in [-0.39, 0.29) is 5.54 Å². The standard InChI is InChI=1S/C13H23N7O/c1-13(2,9-3-4-9)18-10-15-11(19-14)17-12(16-10)20-5-7-21-8-6-20/h9H,3-8,14H2,1-2H3,(H2,15,16,17,18,19). The number of hydrazine groups is 1. The molecule has 0 spiro atoms. The second-order valence-electron chi connectivity index (χ2n) is 6.15. The molecule has 0 unspecified atom stereocenters. The molecule has 116 valence electrons. The van der Waals surface area contributed by atoms with Gasteiger partial charge in [0.25, 0.3) is 0 Å². The van der Waals surface area contributed by atoms with Crippen LogP contribution in [0.5, 0.6) is 0 Å². The fraction of sp³-hybridized carbons (Fsp3) is 0.769. The Labute approximate surface area is 124 Å². The first-order chi connectivity index (χ1) is 10.1. The quantitative estimate of drug-likeness (QED) is 0.536. The first-order valence-corrected chi connectivity index (χ1v) is 7.42. The van der Waals surface area contributed by atoms with Gasteiger partial charge in [-0.3, -0.25) is 5.43 Å². The molecule has 0 aromatic carbocycles. The molecule has 2 fully saturated rings. The summed E-state index contributed by atoms with van der Waals surface area (Å²) in [4.78, 5) is 15.3. The molecule has 1 aromatic heterocycles. The number of nitrogens with one attached hydrogen (secondary N) is 2. The van der Waals surface area contributed by atoms with Gasteiger partial charge in [-0.05, 0) is 32.6 Å². The summed E-state index contributed by atoms with van der Waals surface area (Å²) in [7, 11) is 0. The molecule has 0 bridgehead atoms. The van der Waals surface area contributed by atoms with Gasteiger partial charge in [0.15, 0.2) is 0 Å². The number of nitrogen functional groups attached to an aromatic ring is 1. The van der Waals surface area contributed by atoms with Crippen LogP contribution in [0.4, 0.5) is 17.8 Å². The van der Waals surface area contributed by atoms with Crippen molar-refractivity contribution < 1.29 is 4.74 Å². The predicted molar refractivity (Wildman–Crippen MR) is 81.1 cm³/mol. The van der Waals surface area contributed by atoms with Gasteiger partial charge in [-0.25, -0.2) is 5.84 Å². The maximum Gasteiger partial charge on any atom is 0.243 e. The van der Waals surface area contributed by atoms with Crippen molar-refractivity contribution in [2.45, 2.75) is 32.2 Å². The van der Waals surface area contributed by atoms with Crippen molar-refractivity contribution in [3.05, 3.63) is 0 Å². The summed E-state index contributed by atoms with van der Waals surface area (Å²) in [6.07, 6.45) is 2.51. The van der Waals surface area contributed by atoms with Gasteiger partial charge in [0.1, 0.15) is 0 Å². The molecule has 0 atom stereocenters. The van der Waals surface area contributed by atoms with E-state index in [0.717, 1.165) is 13.1 Å². The lowest BCUT2D eigenvalue weighted by molar-refractivity contribution is 0.122. The number of rotatable bonds is 5. The molecule has 0 amide bonds. The van der Waals surface area contributed by atoms with Crippen molar-refractivity contribution in [3.63, 3.8) is 0 Å². The smallest absolute Gasteiger partial charge is 0.243 e. The third-order valence-corrected chi connectivity index (χ3v) is 4.08. The molecule has 4 N–H and O–H groups in total. The Morgan fingerprint density at radius 1 is 1.14 bits per heavy atom. The van der Waals surface area contributed by atoms with Crippen LogP contribution in [0.25, 0.3) is 0 Å². The third-order valence-electron chi connectivity index (χ3n) is 4.08. The van der Waals surface area contributed by atoms with Gasteiger partial charge in [-0.1, -0.05) is 0 Å². The largest absolute Gasteiger partial charge is 0.378 e. The number of ether oxygens (including phenoxy) is 1. The number of nitrogens with two attached hydrogens (primary N) is 1. The minimum absolute atomic E-state index is 0.0184. The van der Waals surface area contributed by atoms with Gasteiger partial charge in [-0.15, -0.1) is 0 Å². The molecule has 1 aliphatic heterocycles. The van der Waals surface area contributed by atoms with Crippen molar-refractivity contribution in [2.24, 2.45) is 11.8 Å². The number of morpholine rings is 1. The highest BCUT2D eigenvalue weighted by atomic mass is 16.5. The monoisotopic (exact) mass is 293 g/mol. The Morgan fingerprint density at radius 2 is 1.81 bits per heavy atom. The van der Waals surface area contributed by atoms with E-state index >= 15 is 0 Å². The van der Waals surface area contributed by atoms with Gasteiger partial charge in [-0.2, -0.15) is 15.0 Å². The Morgan fingerprint density at radius 3 is 2.43 bits per heavy atom. The van der Waals surface area contributed by atoms with Crippen LogP contribution in [0.1, 0.15) is 26.7 Å². The Balaban J connectivity index is 1.82. The average molecular weight is 293 g/mol. The summed E-state index contributed by atoms with van der Waals surface area (Å²) in [5, 5.41) is 3.42. The summed E-state index contributed by atoms with van der Waals surface area (Å²) in [6, 6.07) is 0. The summed E-state index contributed by atoms with van der Waals surface area (Å²) >= 11 is 0. The number of aromatic nitrogens is 3. The van der Waals surface area contributed by atoms with E-state index in [4.69, 9.17) is 10.6 Å². The number of nitrogens with zero attached hydrogens (tertiary/aromatic N) is 4. The van der Waals surface area contributed by atoms with Crippen molar-refractivity contribution in [2.75, 3.05) is 41.9 Å². The van der Waals surface area contributed by atoms with Gasteiger partial charge < -0.3 is 15.0 Å². The Hall–Kier alpha value is -1.67. The molecule has 1 aromatic rings. The summed E-state index contributed by atoms with van der Waals surface area (Å²) in [5.74, 6) is 7.73. The SMILES string of the molecule is CC(C)(Nc1nc(NN)nc(N2CCOCC2)n1)C1CC1. The molecule has 1 aliphatic carbocycles. The van der Waals surface area contributed by atoms with Crippen LogP contribution in [-0.4, -0.2) is 46.8 Å². The van der Waals surface area contributed by atoms with E-state index in [1.54, 1.807) is 0 Å². The maximum absolute atomic E-state index is 5.48. The van der Waals surface area contributed by atoms with Crippen LogP contribution in [0.3, 0.4) is 0 Å². The first-order valence-electron chi connectivity index (χ1n) is 7.42. The second kappa shape index (κ2) is 5.61. The van der Waals surface area contributed by atoms with Crippen LogP contribution in [0.15, 0.2) is 0 Å². The van der Waals surface area contributed by atoms with Crippen LogP contribution in [-0.2, 0) is 4.74 Å². The van der Waals surface area contributed by atoms with E-state index in [0.29, 0.717) is 37.0 Å². The van der Waals surface area contributed by atoms with Gasteiger partial charge >= 0.3 is 0 Å². The fourth-order valence-electron chi connectivity index (χ4n) is 2.59. The summed E-state index contributed by atoms with van der Waals surface area (Å²) in [6.45, 7) is 7.29. The number of hydrogen-bond donors (Lipinski definition) is 3. The lowest BCUT2D eigenvalue weighted by Gasteiger charge is -2.29. The molecule has 8 nitrogen and oxygen atoms in total. The summed E-state index contributed by atoms with van der Waals surface area (Å²) in [5.41, 5.74) is 2.50. The van der Waals surface area contributed by atoms with Crippen molar-refractivity contribution in [1.29, 1.82) is 0 Å². The van der Waals surface area contributed by atoms with Crippen LogP contribution in [0, 0.1) is 5.92 Å². The van der Waals surface area contributed by atoms with E-state index in [2.05, 4.69) is 44.4 Å². The predicted octanol–water partition coefficient (Wildman–Crippen LogP) is 0.594. The zero-order chi connectivity index (χ0) is 14.9. The van der Waals surface area contributed by atoms with Crippen molar-refractivity contribution >= 4 is 17.8 Å². The van der Waals surface area contributed by atoms with E-state index in [9.17, 15) is 0 Å². The lowest BCUT2D eigenvalue weighted by atomic mass is 9.99. The van der Waals surface area contributed by atoms with Gasteiger partial charge in [0.2, 0.25) is 17.8 Å². The molecule has 8 heteroatoms. The van der Waals surface area contributed by atoms with Crippen molar-refractivity contribution in [3.8, 4) is 0 Å². The van der Waals surface area contributed by atoms with E-state index < -0.39 is 0 Å². The minimum Gasteiger partial charge on any atom is -0.378 e. The number of hydrogen-bond acceptors (Lipinski definition) is 8. The zero-order valence-corrected chi connectivity index (χ0v) is 12.6. The highest BCUT2D eigenvalue weighted by Crippen LogP contribution is 2.40. The van der Waals surface area contributed by atoms with Gasteiger partial charge in [0.05, 0.1) is 13.2 Å². The van der Waals surface area contributed by atoms with Crippen LogP contribution >= 0.6 is 0 Å². The zero-order valence-electron chi connectivity index (χ0n) is 12.6. The Kier molecular flexibility index (Phi) is 3.81. The number of anilines is 3. The Bertz CT molecular complexity index is 497. The normalized spacial score (nSPS) is 19.5. The molecule has 2 heterocycles. The van der Waals surface area contributed by atoms with E-state index in [1.807, 2.05) is 0 Å². The van der Waals surface area contributed by atoms with Crippen LogP contribution < -0.4 is 21.5 Å². The van der Waals surface area contributed by atoms with Crippen molar-refractivity contribution in [1.82, 2.24) is 15.0 Å². The maximum atomic E-state index is 5.48. The molecule has 0 radical (unpaired) electrons. The molecule has 21 heavy (non-hydrogen) atoms. The fourth-order valence-corrected chi connectivity index (χ4v) is 2.59. The molecule has 3 rings (SSSR count). The van der Waals surface area contributed by atoms with Gasteiger partial charge in [0, 0.05) is 18.6 Å². The molecular formula is C13H23N7O. The minimum atomic E-state index is -0.0184. The van der Waals surface area contributed by atoms with Crippen LogP contribution in [0.2, 0.25) is 0 Å². The topological polar surface area (TPSA) is 101 Å². The molecule has 1 saturated heterocycles. The molecular weight excluding hydrogens is 270 g/mol. The molecule has 2 aliphatic rings. The lowest BCUT2D eigenvalue weighted by Crippen LogP contribution is -2.38. The second-order valence-corrected chi connectivity index (χ2v) is 6.15. The summed E-state index contributed by atoms with van der Waals surface area (Å²) < 4.78 is 5.36. The van der Waals surface area contributed by atoms with E-state index in [1.165, 1.54) is 12.8 Å². The first kappa shape index (κ1) is 14.3. The third kappa shape index (κ3) is 3.33. The highest BCUT2D eigenvalue weighted by molar-refractivity contribution is 5.44. The highest BCUT2D eigenvalue weighted by Gasteiger charge is 2.38. The molecule has 1 saturated carbocycles.